The van der Waals surface area contributed by atoms with E-state index in [1.54, 1.807) is 47.2 Å². The number of oxazole rings is 1. The van der Waals surface area contributed by atoms with Gasteiger partial charge in [0.2, 0.25) is 10.9 Å². The lowest BCUT2D eigenvalue weighted by molar-refractivity contribution is 0.353. The highest BCUT2D eigenvalue weighted by Gasteiger charge is 2.67. The molecule has 1 aliphatic rings. The quantitative estimate of drug-likeness (QED) is 0.349. The van der Waals surface area contributed by atoms with Crippen LogP contribution in [0, 0.1) is 0 Å². The molecule has 15 nitrogen and oxygen atoms in total. The van der Waals surface area contributed by atoms with Gasteiger partial charge in [0.25, 0.3) is 0 Å². The van der Waals surface area contributed by atoms with Crippen molar-refractivity contribution in [2.45, 2.75) is 11.6 Å². The number of anilines is 3. The monoisotopic (exact) mass is 490 g/mol. The molecule has 0 amide bonds. The highest BCUT2D eigenvalue weighted by Crippen LogP contribution is 2.56. The molecule has 7 rings (SSSR count). The van der Waals surface area contributed by atoms with Gasteiger partial charge in [-0.3, -0.25) is 5.10 Å². The largest absolute Gasteiger partial charge is 0.431 e. The van der Waals surface area contributed by atoms with Gasteiger partial charge in [-0.05, 0) is 6.07 Å². The topological polar surface area (TPSA) is 171 Å². The molecule has 2 unspecified atom stereocenters. The maximum atomic E-state index is 5.87. The first-order chi connectivity index (χ1) is 17.4. The minimum atomic E-state index is -1.25. The minimum absolute atomic E-state index is 0.239. The van der Waals surface area contributed by atoms with Crippen molar-refractivity contribution in [3.63, 3.8) is 0 Å². The molecule has 0 aliphatic carbocycles. The van der Waals surface area contributed by atoms with Crippen molar-refractivity contribution in [2.24, 2.45) is 0 Å². The maximum Gasteiger partial charge on any atom is 0.319 e. The second-order valence-corrected chi connectivity index (χ2v) is 8.21. The molecule has 0 saturated carbocycles. The van der Waals surface area contributed by atoms with Gasteiger partial charge >= 0.3 is 6.01 Å². The highest BCUT2D eigenvalue weighted by atomic mass is 32.1. The van der Waals surface area contributed by atoms with Crippen LogP contribution in [0.5, 0.6) is 0 Å². The van der Waals surface area contributed by atoms with E-state index in [-0.39, 0.29) is 6.01 Å². The van der Waals surface area contributed by atoms with Crippen LogP contribution in [0.15, 0.2) is 80.7 Å². The zero-order valence-corrected chi connectivity index (χ0v) is 18.3. The summed E-state index contributed by atoms with van der Waals surface area (Å²) < 4.78 is 16.4. The van der Waals surface area contributed by atoms with E-state index in [0.29, 0.717) is 28.2 Å². The fourth-order valence-electron chi connectivity index (χ4n) is 4.44. The molecule has 35 heavy (non-hydrogen) atoms. The van der Waals surface area contributed by atoms with E-state index in [4.69, 9.17) is 13.5 Å². The van der Waals surface area contributed by atoms with E-state index in [1.165, 1.54) is 30.1 Å². The molecule has 2 atom stereocenters. The lowest BCUT2D eigenvalue weighted by atomic mass is 9.83. The van der Waals surface area contributed by atoms with E-state index in [2.05, 4.69) is 45.7 Å². The molecule has 6 aromatic rings. The average Bonchev–Trinajstić information content (AvgIpc) is 3.71. The fraction of sp³-hybridized carbons (Fsp3) is 0.105. The van der Waals surface area contributed by atoms with Gasteiger partial charge in [-0.25, -0.2) is 20.0 Å². The molecule has 1 saturated heterocycles. The van der Waals surface area contributed by atoms with Crippen molar-refractivity contribution in [1.29, 1.82) is 0 Å². The summed E-state index contributed by atoms with van der Waals surface area (Å²) in [5, 5.41) is 27.4. The van der Waals surface area contributed by atoms with E-state index in [9.17, 15) is 0 Å². The number of nitrogens with one attached hydrogen (secondary N) is 2. The van der Waals surface area contributed by atoms with Crippen LogP contribution < -0.4 is 15.1 Å². The first-order valence-corrected chi connectivity index (χ1v) is 11.1. The summed E-state index contributed by atoms with van der Waals surface area (Å²) >= 11 is 1.40. The number of H-pyrrole nitrogens is 2. The Balaban J connectivity index is 1.63. The first-order valence-electron chi connectivity index (χ1n) is 10.2. The molecule has 0 aromatic carbocycles. The lowest BCUT2D eigenvalue weighted by Gasteiger charge is -2.36. The summed E-state index contributed by atoms with van der Waals surface area (Å²) in [5.41, 5.74) is -0.0489. The Morgan fingerprint density at radius 2 is 2.03 bits per heavy atom. The SMILES string of the molecule is c1cc(C2N(c3conn3)N(c3nccs3)N(c3ncco3)C2(c2ccon2)c2ncc[nH]2)[nH]n1. The molecular weight excluding hydrogens is 476 g/mol. The molecule has 0 radical (unpaired) electrons. The van der Waals surface area contributed by atoms with Gasteiger partial charge in [0.1, 0.15) is 30.1 Å². The number of rotatable bonds is 6. The summed E-state index contributed by atoms with van der Waals surface area (Å²) in [7, 11) is 0. The minimum Gasteiger partial charge on any atom is -0.431 e. The summed E-state index contributed by atoms with van der Waals surface area (Å²) in [6.45, 7) is 0. The van der Waals surface area contributed by atoms with Crippen LogP contribution in [-0.2, 0) is 5.54 Å². The van der Waals surface area contributed by atoms with Crippen LogP contribution in [0.2, 0.25) is 0 Å². The smallest absolute Gasteiger partial charge is 0.319 e. The third-order valence-corrected chi connectivity index (χ3v) is 6.38. The number of aromatic nitrogens is 9. The van der Waals surface area contributed by atoms with Crippen molar-refractivity contribution >= 4 is 28.3 Å². The number of nitrogens with zero attached hydrogens (tertiary/aromatic N) is 10. The molecule has 2 N–H and O–H groups in total. The Morgan fingerprint density at radius 3 is 2.69 bits per heavy atom. The molecule has 1 fully saturated rings. The number of imidazole rings is 1. The van der Waals surface area contributed by atoms with Gasteiger partial charge in [0.15, 0.2) is 11.8 Å². The lowest BCUT2D eigenvalue weighted by Crippen LogP contribution is -2.52. The molecule has 7 heterocycles. The first kappa shape index (κ1) is 19.5. The molecular formula is C19H14N12O3S. The third kappa shape index (κ3) is 2.67. The van der Waals surface area contributed by atoms with E-state index in [1.807, 2.05) is 16.5 Å². The molecule has 0 spiro atoms. The van der Waals surface area contributed by atoms with Crippen LogP contribution in [0.25, 0.3) is 0 Å². The molecule has 16 heteroatoms. The zero-order chi connectivity index (χ0) is 23.2. The van der Waals surface area contributed by atoms with Crippen molar-refractivity contribution in [3.8, 4) is 0 Å². The number of hydrazine groups is 2. The third-order valence-electron chi connectivity index (χ3n) is 5.65. The predicted molar refractivity (Wildman–Crippen MR) is 118 cm³/mol. The Kier molecular flexibility index (Phi) is 4.19. The van der Waals surface area contributed by atoms with Crippen LogP contribution in [0.1, 0.15) is 23.3 Å². The van der Waals surface area contributed by atoms with Crippen LogP contribution in [0.3, 0.4) is 0 Å². The van der Waals surface area contributed by atoms with Crippen LogP contribution in [0.4, 0.5) is 17.0 Å². The summed E-state index contributed by atoms with van der Waals surface area (Å²) in [5.74, 6) is 0.901. The number of hydrogen-bond donors (Lipinski definition) is 2. The molecule has 6 aromatic heterocycles. The van der Waals surface area contributed by atoms with Crippen LogP contribution >= 0.6 is 11.3 Å². The Hall–Kier alpha value is -4.99. The van der Waals surface area contributed by atoms with E-state index >= 15 is 0 Å². The van der Waals surface area contributed by atoms with Gasteiger partial charge in [-0.1, -0.05) is 10.3 Å². The molecule has 0 bridgehead atoms. The fourth-order valence-corrected chi connectivity index (χ4v) is 5.07. The molecule has 174 valence electrons. The highest BCUT2D eigenvalue weighted by molar-refractivity contribution is 7.13. The van der Waals surface area contributed by atoms with Gasteiger partial charge in [-0.2, -0.15) is 15.2 Å². The van der Waals surface area contributed by atoms with Gasteiger partial charge in [-0.15, -0.1) is 11.3 Å². The maximum absolute atomic E-state index is 5.87. The second kappa shape index (κ2) is 7.52. The summed E-state index contributed by atoms with van der Waals surface area (Å²) in [6.07, 6.45) is 12.7. The van der Waals surface area contributed by atoms with Gasteiger partial charge < -0.3 is 18.4 Å². The average molecular weight is 490 g/mol. The van der Waals surface area contributed by atoms with Crippen molar-refractivity contribution < 1.29 is 13.5 Å². The normalized spacial score (nSPS) is 20.2. The summed E-state index contributed by atoms with van der Waals surface area (Å²) in [6, 6.07) is 3.20. The van der Waals surface area contributed by atoms with Crippen LogP contribution in [-0.4, -0.2) is 45.7 Å². The Bertz CT molecular complexity index is 1350. The Morgan fingerprint density at radius 1 is 1.03 bits per heavy atom. The van der Waals surface area contributed by atoms with E-state index < -0.39 is 11.6 Å². The van der Waals surface area contributed by atoms with Crippen molar-refractivity contribution in [2.75, 3.05) is 15.1 Å². The number of thiazole rings is 1. The van der Waals surface area contributed by atoms with Gasteiger partial charge in [0.05, 0.1) is 11.9 Å². The standard InChI is InChI=1S/C19H14N12O3S/c1-3-24-25-12(1)15-19(13-2-8-33-27-13,16-20-4-5-21-16)30(17-22-6-9-32-17)31(18-23-7-10-35-18)29(15)14-11-34-28-26-14/h1-11,15H,(H,20,21)(H,24,25). The second-order valence-electron chi connectivity index (χ2n) is 7.34. The summed E-state index contributed by atoms with van der Waals surface area (Å²) in [4.78, 5) is 17.0. The Labute approximate surface area is 198 Å². The predicted octanol–water partition coefficient (Wildman–Crippen LogP) is 2.30. The van der Waals surface area contributed by atoms with Crippen molar-refractivity contribution in [1.82, 2.24) is 45.7 Å². The number of hydrogen-bond acceptors (Lipinski definition) is 14. The number of aromatic amines is 2. The van der Waals surface area contributed by atoms with Crippen molar-refractivity contribution in [3.05, 3.63) is 84.5 Å². The van der Waals surface area contributed by atoms with Gasteiger partial charge in [0, 0.05) is 41.5 Å². The molecule has 1 aliphatic heterocycles. The zero-order valence-electron chi connectivity index (χ0n) is 17.5. The van der Waals surface area contributed by atoms with E-state index in [0.717, 1.165) is 0 Å².